The molecule has 0 aromatic heterocycles. The minimum atomic E-state index is -0.225. The molecular weight excluding hydrogens is 198 g/mol. The molecule has 0 saturated heterocycles. The molecule has 14 heavy (non-hydrogen) atoms. The summed E-state index contributed by atoms with van der Waals surface area (Å²) in [5.74, 6) is -0.225. The second-order valence-electron chi connectivity index (χ2n) is 2.86. The number of nitrogens with two attached hydrogens (primary N) is 1. The van der Waals surface area contributed by atoms with E-state index in [9.17, 15) is 4.79 Å². The zero-order valence-electron chi connectivity index (χ0n) is 8.19. The van der Waals surface area contributed by atoms with Gasteiger partial charge >= 0.3 is 5.97 Å². The van der Waals surface area contributed by atoms with Crippen molar-refractivity contribution in [1.29, 1.82) is 0 Å². The fourth-order valence-electron chi connectivity index (χ4n) is 1.01. The summed E-state index contributed by atoms with van der Waals surface area (Å²) in [5.41, 5.74) is 6.31. The van der Waals surface area contributed by atoms with Crippen LogP contribution in [0.5, 0.6) is 0 Å². The van der Waals surface area contributed by atoms with E-state index in [2.05, 4.69) is 4.74 Å². The van der Waals surface area contributed by atoms with Gasteiger partial charge in [-0.15, -0.1) is 11.8 Å². The lowest BCUT2D eigenvalue weighted by atomic mass is 10.3. The van der Waals surface area contributed by atoms with Crippen molar-refractivity contribution in [3.8, 4) is 0 Å². The number of anilines is 1. The standard InChI is InChI=1S/C10H13NO2S/c1-7(10(12)13-2)14-9-5-3-4-8(11)6-9/h3-7H,11H2,1-2H3. The van der Waals surface area contributed by atoms with E-state index in [1.165, 1.54) is 18.9 Å². The molecule has 4 heteroatoms. The van der Waals surface area contributed by atoms with Crippen LogP contribution in [-0.2, 0) is 9.53 Å². The lowest BCUT2D eigenvalue weighted by molar-refractivity contribution is -0.139. The van der Waals surface area contributed by atoms with E-state index >= 15 is 0 Å². The van der Waals surface area contributed by atoms with Gasteiger partial charge in [0.15, 0.2) is 0 Å². The SMILES string of the molecule is COC(=O)C(C)Sc1cccc(N)c1. The molecule has 0 radical (unpaired) electrons. The number of thioether (sulfide) groups is 1. The summed E-state index contributed by atoms with van der Waals surface area (Å²) >= 11 is 1.44. The van der Waals surface area contributed by atoms with E-state index < -0.39 is 0 Å². The summed E-state index contributed by atoms with van der Waals surface area (Å²) in [4.78, 5) is 12.1. The highest BCUT2D eigenvalue weighted by molar-refractivity contribution is 8.00. The predicted molar refractivity (Wildman–Crippen MR) is 58.2 cm³/mol. The molecule has 0 aliphatic rings. The molecule has 0 bridgehead atoms. The van der Waals surface area contributed by atoms with Gasteiger partial charge in [-0.1, -0.05) is 6.07 Å². The fourth-order valence-corrected chi connectivity index (χ4v) is 1.97. The van der Waals surface area contributed by atoms with Crippen molar-refractivity contribution in [3.05, 3.63) is 24.3 Å². The molecule has 0 saturated carbocycles. The first-order chi connectivity index (χ1) is 6.63. The predicted octanol–water partition coefficient (Wildman–Crippen LogP) is 1.92. The van der Waals surface area contributed by atoms with Crippen molar-refractivity contribution in [2.45, 2.75) is 17.1 Å². The van der Waals surface area contributed by atoms with Crippen molar-refractivity contribution in [2.75, 3.05) is 12.8 Å². The molecule has 0 spiro atoms. The third kappa shape index (κ3) is 2.96. The molecule has 1 atom stereocenters. The Labute approximate surface area is 87.6 Å². The molecule has 0 aliphatic carbocycles. The van der Waals surface area contributed by atoms with E-state index in [0.717, 1.165) is 4.90 Å². The Kier molecular flexibility index (Phi) is 3.83. The summed E-state index contributed by atoms with van der Waals surface area (Å²) in [7, 11) is 1.39. The van der Waals surface area contributed by atoms with Crippen LogP contribution in [0.2, 0.25) is 0 Å². The van der Waals surface area contributed by atoms with Gasteiger partial charge in [-0.2, -0.15) is 0 Å². The van der Waals surface area contributed by atoms with Gasteiger partial charge in [0.25, 0.3) is 0 Å². The topological polar surface area (TPSA) is 52.3 Å². The van der Waals surface area contributed by atoms with Crippen LogP contribution in [-0.4, -0.2) is 18.3 Å². The van der Waals surface area contributed by atoms with Gasteiger partial charge in [0.1, 0.15) is 5.25 Å². The number of carbonyl (C=O) groups excluding carboxylic acids is 1. The molecule has 0 amide bonds. The van der Waals surface area contributed by atoms with Gasteiger partial charge in [0, 0.05) is 10.6 Å². The van der Waals surface area contributed by atoms with Gasteiger partial charge < -0.3 is 10.5 Å². The summed E-state index contributed by atoms with van der Waals surface area (Å²) in [6.07, 6.45) is 0. The molecular formula is C10H13NO2S. The molecule has 0 heterocycles. The molecule has 1 aromatic carbocycles. The number of ether oxygens (including phenoxy) is 1. The first-order valence-electron chi connectivity index (χ1n) is 4.23. The minimum absolute atomic E-state index is 0.207. The molecule has 0 aliphatic heterocycles. The maximum Gasteiger partial charge on any atom is 0.318 e. The zero-order valence-corrected chi connectivity index (χ0v) is 9.01. The highest BCUT2D eigenvalue weighted by Gasteiger charge is 2.14. The normalized spacial score (nSPS) is 12.1. The van der Waals surface area contributed by atoms with Crippen LogP contribution in [0.1, 0.15) is 6.92 Å². The van der Waals surface area contributed by atoms with Gasteiger partial charge in [-0.05, 0) is 25.1 Å². The van der Waals surface area contributed by atoms with Crippen molar-refractivity contribution in [1.82, 2.24) is 0 Å². The zero-order chi connectivity index (χ0) is 10.6. The Morgan fingerprint density at radius 1 is 1.57 bits per heavy atom. The first kappa shape index (κ1) is 10.9. The second kappa shape index (κ2) is 4.91. The van der Waals surface area contributed by atoms with Gasteiger partial charge in [-0.3, -0.25) is 4.79 Å². The molecule has 3 nitrogen and oxygen atoms in total. The third-order valence-corrected chi connectivity index (χ3v) is 2.78. The fraction of sp³-hybridized carbons (Fsp3) is 0.300. The summed E-state index contributed by atoms with van der Waals surface area (Å²) in [5, 5.41) is -0.207. The van der Waals surface area contributed by atoms with Gasteiger partial charge in [0.05, 0.1) is 7.11 Å². The number of hydrogen-bond acceptors (Lipinski definition) is 4. The highest BCUT2D eigenvalue weighted by Crippen LogP contribution is 2.25. The molecule has 76 valence electrons. The number of hydrogen-bond donors (Lipinski definition) is 1. The number of benzene rings is 1. The van der Waals surface area contributed by atoms with Crippen LogP contribution >= 0.6 is 11.8 Å². The van der Waals surface area contributed by atoms with Crippen LogP contribution in [0.4, 0.5) is 5.69 Å². The van der Waals surface area contributed by atoms with E-state index in [1.54, 1.807) is 6.92 Å². The summed E-state index contributed by atoms with van der Waals surface area (Å²) < 4.78 is 4.62. The molecule has 1 unspecified atom stereocenters. The second-order valence-corrected chi connectivity index (χ2v) is 4.27. The largest absolute Gasteiger partial charge is 0.468 e. The number of nitrogen functional groups attached to an aromatic ring is 1. The maximum atomic E-state index is 11.1. The van der Waals surface area contributed by atoms with Crippen molar-refractivity contribution in [2.24, 2.45) is 0 Å². The molecule has 0 fully saturated rings. The van der Waals surface area contributed by atoms with Crippen molar-refractivity contribution >= 4 is 23.4 Å². The van der Waals surface area contributed by atoms with Crippen LogP contribution in [0.25, 0.3) is 0 Å². The first-order valence-corrected chi connectivity index (χ1v) is 5.11. The Balaban J connectivity index is 2.64. The van der Waals surface area contributed by atoms with E-state index in [-0.39, 0.29) is 11.2 Å². The monoisotopic (exact) mass is 211 g/mol. The Hall–Kier alpha value is -1.16. The minimum Gasteiger partial charge on any atom is -0.468 e. The van der Waals surface area contributed by atoms with Gasteiger partial charge in [-0.25, -0.2) is 0 Å². The molecule has 2 N–H and O–H groups in total. The highest BCUT2D eigenvalue weighted by atomic mass is 32.2. The lowest BCUT2D eigenvalue weighted by Crippen LogP contribution is -2.14. The van der Waals surface area contributed by atoms with E-state index in [4.69, 9.17) is 5.73 Å². The van der Waals surface area contributed by atoms with Crippen LogP contribution in [0.15, 0.2) is 29.2 Å². The van der Waals surface area contributed by atoms with Crippen LogP contribution < -0.4 is 5.73 Å². The quantitative estimate of drug-likeness (QED) is 0.471. The average molecular weight is 211 g/mol. The number of esters is 1. The Morgan fingerprint density at radius 2 is 2.29 bits per heavy atom. The Morgan fingerprint density at radius 3 is 2.86 bits per heavy atom. The molecule has 1 aromatic rings. The lowest BCUT2D eigenvalue weighted by Gasteiger charge is -2.08. The van der Waals surface area contributed by atoms with Crippen LogP contribution in [0.3, 0.4) is 0 Å². The van der Waals surface area contributed by atoms with Crippen molar-refractivity contribution in [3.63, 3.8) is 0 Å². The number of rotatable bonds is 3. The Bertz CT molecular complexity index is 328. The average Bonchev–Trinajstić information content (AvgIpc) is 2.16. The van der Waals surface area contributed by atoms with Gasteiger partial charge in [0.2, 0.25) is 0 Å². The molecule has 1 rings (SSSR count). The maximum absolute atomic E-state index is 11.1. The third-order valence-electron chi connectivity index (χ3n) is 1.70. The number of carbonyl (C=O) groups is 1. The van der Waals surface area contributed by atoms with E-state index in [0.29, 0.717) is 5.69 Å². The van der Waals surface area contributed by atoms with Crippen LogP contribution in [0, 0.1) is 0 Å². The van der Waals surface area contributed by atoms with Crippen molar-refractivity contribution < 1.29 is 9.53 Å². The van der Waals surface area contributed by atoms with E-state index in [1.807, 2.05) is 24.3 Å². The summed E-state index contributed by atoms with van der Waals surface area (Å²) in [6, 6.07) is 7.43. The summed E-state index contributed by atoms with van der Waals surface area (Å²) in [6.45, 7) is 1.81. The number of methoxy groups -OCH3 is 1. The smallest absolute Gasteiger partial charge is 0.318 e.